The van der Waals surface area contributed by atoms with Gasteiger partial charge in [-0.15, -0.1) is 0 Å². The second-order valence-corrected chi connectivity index (χ2v) is 7.40. The summed E-state index contributed by atoms with van der Waals surface area (Å²) in [6.45, 7) is 0. The van der Waals surface area contributed by atoms with Crippen LogP contribution in [0.1, 0.15) is 0 Å². The average molecular weight is 399 g/mol. The molecule has 0 atom stereocenters. The van der Waals surface area contributed by atoms with Gasteiger partial charge in [-0.2, -0.15) is 0 Å². The van der Waals surface area contributed by atoms with Gasteiger partial charge >= 0.3 is 0 Å². The third kappa shape index (κ3) is 4.12. The molecule has 148 valence electrons. The molecule has 0 fully saturated rings. The summed E-state index contributed by atoms with van der Waals surface area (Å²) in [5, 5.41) is 2.39. The predicted molar refractivity (Wildman–Crippen MR) is 131 cm³/mol. The van der Waals surface area contributed by atoms with Crippen LogP contribution in [0.5, 0.6) is 0 Å². The minimum absolute atomic E-state index is 0.962. The van der Waals surface area contributed by atoms with Gasteiger partial charge in [-0.3, -0.25) is 0 Å². The van der Waals surface area contributed by atoms with E-state index < -0.39 is 0 Å². The van der Waals surface area contributed by atoms with Gasteiger partial charge in [0, 0.05) is 10.8 Å². The van der Waals surface area contributed by atoms with Gasteiger partial charge in [0.2, 0.25) is 0 Å². The van der Waals surface area contributed by atoms with E-state index in [0.717, 1.165) is 11.2 Å². The van der Waals surface area contributed by atoms with Gasteiger partial charge in [0.25, 0.3) is 0 Å². The van der Waals surface area contributed by atoms with E-state index in [4.69, 9.17) is 4.42 Å². The van der Waals surface area contributed by atoms with Gasteiger partial charge in [0.05, 0.1) is 0 Å². The fourth-order valence-electron chi connectivity index (χ4n) is 3.79. The molecule has 0 spiro atoms. The fraction of sp³-hybridized carbons (Fsp3) is 0. The van der Waals surface area contributed by atoms with Crippen LogP contribution in [0.3, 0.4) is 0 Å². The highest BCUT2D eigenvalue weighted by atomic mass is 16.3. The number of furan rings is 1. The summed E-state index contributed by atoms with van der Waals surface area (Å²) in [6, 6.07) is 45.8. The lowest BCUT2D eigenvalue weighted by Crippen LogP contribution is -1.79. The Bertz CT molecular complexity index is 1290. The molecule has 0 radical (unpaired) electrons. The molecule has 6 rings (SSSR count). The molecule has 0 saturated heterocycles. The maximum Gasteiger partial charge on any atom is 0.135 e. The molecule has 1 aromatic heterocycles. The molecule has 0 bridgehead atoms. The zero-order chi connectivity index (χ0) is 20.9. The van der Waals surface area contributed by atoms with Crippen LogP contribution in [0.2, 0.25) is 0 Å². The monoisotopic (exact) mass is 398 g/mol. The van der Waals surface area contributed by atoms with Crippen molar-refractivity contribution in [1.29, 1.82) is 0 Å². The molecule has 0 unspecified atom stereocenters. The van der Waals surface area contributed by atoms with E-state index >= 15 is 0 Å². The third-order valence-corrected chi connectivity index (χ3v) is 5.38. The average Bonchev–Trinajstić information content (AvgIpc) is 3.24. The molecule has 0 aliphatic heterocycles. The van der Waals surface area contributed by atoms with Gasteiger partial charge in [-0.1, -0.05) is 121 Å². The van der Waals surface area contributed by atoms with Crippen molar-refractivity contribution in [2.75, 3.05) is 0 Å². The molecular formula is C30H22O. The van der Waals surface area contributed by atoms with E-state index in [-0.39, 0.29) is 0 Å². The Morgan fingerprint density at radius 2 is 0.613 bits per heavy atom. The van der Waals surface area contributed by atoms with Crippen molar-refractivity contribution in [2.24, 2.45) is 0 Å². The SMILES string of the molecule is c1ccc(-c2ccc(-c3ccccc3)cc2)cc1.c1ccc2c(c1)oc1ccccc12. The number of rotatable bonds is 2. The number of fused-ring (bicyclic) bond motifs is 3. The highest BCUT2D eigenvalue weighted by Gasteiger charge is 2.03. The van der Waals surface area contributed by atoms with Gasteiger partial charge in [0.15, 0.2) is 0 Å². The molecule has 0 N–H and O–H groups in total. The molecule has 1 heterocycles. The van der Waals surface area contributed by atoms with Crippen LogP contribution >= 0.6 is 0 Å². The van der Waals surface area contributed by atoms with Crippen LogP contribution < -0.4 is 0 Å². The first-order valence-electron chi connectivity index (χ1n) is 10.5. The van der Waals surface area contributed by atoms with E-state index in [1.807, 2.05) is 48.5 Å². The second-order valence-electron chi connectivity index (χ2n) is 7.40. The second kappa shape index (κ2) is 8.73. The summed E-state index contributed by atoms with van der Waals surface area (Å²) in [6.07, 6.45) is 0. The lowest BCUT2D eigenvalue weighted by atomic mass is 10.0. The van der Waals surface area contributed by atoms with Crippen molar-refractivity contribution in [2.45, 2.75) is 0 Å². The van der Waals surface area contributed by atoms with E-state index in [9.17, 15) is 0 Å². The Morgan fingerprint density at radius 1 is 0.290 bits per heavy atom. The summed E-state index contributed by atoms with van der Waals surface area (Å²) >= 11 is 0. The largest absolute Gasteiger partial charge is 0.456 e. The molecule has 1 heteroatoms. The zero-order valence-electron chi connectivity index (χ0n) is 17.1. The molecule has 0 aliphatic carbocycles. The van der Waals surface area contributed by atoms with Gasteiger partial charge < -0.3 is 4.42 Å². The van der Waals surface area contributed by atoms with Gasteiger partial charge in [-0.25, -0.2) is 0 Å². The quantitative estimate of drug-likeness (QED) is 0.284. The number of para-hydroxylation sites is 2. The van der Waals surface area contributed by atoms with Crippen LogP contribution in [0.25, 0.3) is 44.2 Å². The normalized spacial score (nSPS) is 10.6. The van der Waals surface area contributed by atoms with E-state index in [0.29, 0.717) is 0 Å². The number of benzene rings is 5. The highest BCUT2D eigenvalue weighted by Crippen LogP contribution is 2.27. The van der Waals surface area contributed by atoms with Crippen LogP contribution in [-0.2, 0) is 0 Å². The van der Waals surface area contributed by atoms with E-state index in [1.165, 1.54) is 33.0 Å². The summed E-state index contributed by atoms with van der Waals surface area (Å²) in [5.41, 5.74) is 6.96. The first-order chi connectivity index (χ1) is 15.4. The Balaban J connectivity index is 0.000000138. The lowest BCUT2D eigenvalue weighted by Gasteiger charge is -2.04. The summed E-state index contributed by atoms with van der Waals surface area (Å²) in [5.74, 6) is 0. The fourth-order valence-corrected chi connectivity index (χ4v) is 3.79. The Hall–Kier alpha value is -4.10. The Labute approximate surface area is 182 Å². The first kappa shape index (κ1) is 18.9. The van der Waals surface area contributed by atoms with Crippen molar-refractivity contribution in [3.8, 4) is 22.3 Å². The molecule has 1 nitrogen and oxygen atoms in total. The molecule has 0 amide bonds. The van der Waals surface area contributed by atoms with Gasteiger partial charge in [0.1, 0.15) is 11.2 Å². The molecular weight excluding hydrogens is 376 g/mol. The van der Waals surface area contributed by atoms with Crippen molar-refractivity contribution >= 4 is 21.9 Å². The Kier molecular flexibility index (Phi) is 5.32. The summed E-state index contributed by atoms with van der Waals surface area (Å²) < 4.78 is 5.65. The topological polar surface area (TPSA) is 13.1 Å². The molecule has 5 aromatic carbocycles. The maximum atomic E-state index is 5.65. The molecule has 31 heavy (non-hydrogen) atoms. The van der Waals surface area contributed by atoms with Crippen molar-refractivity contribution in [3.05, 3.63) is 133 Å². The maximum absolute atomic E-state index is 5.65. The van der Waals surface area contributed by atoms with E-state index in [1.54, 1.807) is 0 Å². The van der Waals surface area contributed by atoms with Gasteiger partial charge in [-0.05, 0) is 34.4 Å². The summed E-state index contributed by atoms with van der Waals surface area (Å²) in [7, 11) is 0. The van der Waals surface area contributed by atoms with Crippen LogP contribution in [0, 0.1) is 0 Å². The number of hydrogen-bond donors (Lipinski definition) is 0. The van der Waals surface area contributed by atoms with Crippen LogP contribution in [0.4, 0.5) is 0 Å². The van der Waals surface area contributed by atoms with Crippen molar-refractivity contribution < 1.29 is 4.42 Å². The van der Waals surface area contributed by atoms with Crippen LogP contribution in [0.15, 0.2) is 138 Å². The van der Waals surface area contributed by atoms with Crippen LogP contribution in [-0.4, -0.2) is 0 Å². The molecule has 0 saturated carbocycles. The molecule has 6 aromatic rings. The van der Waals surface area contributed by atoms with Crippen molar-refractivity contribution in [3.63, 3.8) is 0 Å². The lowest BCUT2D eigenvalue weighted by molar-refractivity contribution is 0.669. The predicted octanol–water partition coefficient (Wildman–Crippen LogP) is 8.61. The van der Waals surface area contributed by atoms with Crippen molar-refractivity contribution in [1.82, 2.24) is 0 Å². The van der Waals surface area contributed by atoms with E-state index in [2.05, 4.69) is 84.9 Å². The number of hydrogen-bond acceptors (Lipinski definition) is 1. The zero-order valence-corrected chi connectivity index (χ0v) is 17.1. The molecule has 0 aliphatic rings. The summed E-state index contributed by atoms with van der Waals surface area (Å²) in [4.78, 5) is 0. The minimum Gasteiger partial charge on any atom is -0.456 e. The minimum atomic E-state index is 0.962. The smallest absolute Gasteiger partial charge is 0.135 e. The highest BCUT2D eigenvalue weighted by molar-refractivity contribution is 6.04. The first-order valence-corrected chi connectivity index (χ1v) is 10.5. The Morgan fingerprint density at radius 3 is 1.03 bits per heavy atom. The standard InChI is InChI=1S/C18H14.C12H8O/c1-3-7-15(8-4-1)17-11-13-18(14-12-17)16-9-5-2-6-10-16;1-3-7-11-9(5-1)10-6-2-4-8-12(10)13-11/h1-14H;1-8H. The third-order valence-electron chi connectivity index (χ3n) is 5.38.